The van der Waals surface area contributed by atoms with E-state index in [0.29, 0.717) is 10.6 Å². The summed E-state index contributed by atoms with van der Waals surface area (Å²) >= 11 is 4.72. The Labute approximate surface area is 129 Å². The number of rotatable bonds is 4. The van der Waals surface area contributed by atoms with Crippen molar-refractivity contribution in [2.45, 2.75) is 17.6 Å². The van der Waals surface area contributed by atoms with Crippen molar-refractivity contribution in [2.24, 2.45) is 0 Å². The van der Waals surface area contributed by atoms with Crippen molar-refractivity contribution in [1.29, 1.82) is 0 Å². The van der Waals surface area contributed by atoms with Crippen molar-refractivity contribution in [3.05, 3.63) is 63.4 Å². The van der Waals surface area contributed by atoms with Crippen LogP contribution in [-0.2, 0) is 5.75 Å². The molecule has 0 heterocycles. The molecule has 0 saturated heterocycles. The van der Waals surface area contributed by atoms with Gasteiger partial charge in [-0.2, -0.15) is 0 Å². The van der Waals surface area contributed by atoms with Gasteiger partial charge < -0.3 is 5.11 Å². The van der Waals surface area contributed by atoms with Gasteiger partial charge in [0.05, 0.1) is 5.56 Å². The van der Waals surface area contributed by atoms with E-state index in [1.807, 2.05) is 6.92 Å². The molecule has 0 saturated carbocycles. The molecule has 0 aliphatic heterocycles. The molecular formula is C15H12BrFO2S. The molecule has 0 bridgehead atoms. The van der Waals surface area contributed by atoms with Gasteiger partial charge in [-0.15, -0.1) is 11.8 Å². The van der Waals surface area contributed by atoms with Crippen LogP contribution < -0.4 is 0 Å². The van der Waals surface area contributed by atoms with Crippen molar-refractivity contribution in [1.82, 2.24) is 0 Å². The molecule has 2 nitrogen and oxygen atoms in total. The Kier molecular flexibility index (Phi) is 4.83. The molecule has 20 heavy (non-hydrogen) atoms. The molecule has 2 aromatic rings. The molecule has 104 valence electrons. The summed E-state index contributed by atoms with van der Waals surface area (Å²) in [4.78, 5) is 11.8. The van der Waals surface area contributed by atoms with Crippen LogP contribution in [0.15, 0.2) is 45.8 Å². The molecule has 0 fully saturated rings. The molecule has 0 atom stereocenters. The fraction of sp³-hybridized carbons (Fsp3) is 0.133. The third-order valence-electron chi connectivity index (χ3n) is 2.87. The average molecular weight is 355 g/mol. The zero-order chi connectivity index (χ0) is 14.7. The Bertz CT molecular complexity index is 658. The van der Waals surface area contributed by atoms with Crippen molar-refractivity contribution in [3.8, 4) is 0 Å². The van der Waals surface area contributed by atoms with Gasteiger partial charge in [0, 0.05) is 15.1 Å². The first kappa shape index (κ1) is 15.1. The van der Waals surface area contributed by atoms with E-state index in [-0.39, 0.29) is 11.4 Å². The first-order valence-corrected chi connectivity index (χ1v) is 7.66. The van der Waals surface area contributed by atoms with Gasteiger partial charge in [-0.3, -0.25) is 0 Å². The summed E-state index contributed by atoms with van der Waals surface area (Å²) in [5, 5.41) is 9.16. The molecular weight excluding hydrogens is 343 g/mol. The van der Waals surface area contributed by atoms with Crippen LogP contribution in [0.5, 0.6) is 0 Å². The lowest BCUT2D eigenvalue weighted by Crippen LogP contribution is -1.99. The van der Waals surface area contributed by atoms with Crippen molar-refractivity contribution >= 4 is 33.7 Å². The number of hydrogen-bond acceptors (Lipinski definition) is 2. The fourth-order valence-electron chi connectivity index (χ4n) is 1.74. The zero-order valence-electron chi connectivity index (χ0n) is 10.7. The summed E-state index contributed by atoms with van der Waals surface area (Å²) in [7, 11) is 0. The van der Waals surface area contributed by atoms with Crippen LogP contribution in [-0.4, -0.2) is 11.1 Å². The summed E-state index contributed by atoms with van der Waals surface area (Å²) in [5.74, 6) is -0.713. The van der Waals surface area contributed by atoms with Crippen molar-refractivity contribution in [2.75, 3.05) is 0 Å². The molecule has 2 rings (SSSR count). The van der Waals surface area contributed by atoms with E-state index < -0.39 is 5.97 Å². The highest BCUT2D eigenvalue weighted by atomic mass is 79.9. The summed E-state index contributed by atoms with van der Waals surface area (Å²) < 4.78 is 14.1. The number of carbonyl (C=O) groups is 1. The monoisotopic (exact) mass is 354 g/mol. The highest BCUT2D eigenvalue weighted by Gasteiger charge is 2.11. The maximum absolute atomic E-state index is 13.2. The van der Waals surface area contributed by atoms with Gasteiger partial charge >= 0.3 is 5.97 Å². The van der Waals surface area contributed by atoms with Crippen LogP contribution in [0, 0.1) is 12.7 Å². The Morgan fingerprint density at radius 3 is 2.75 bits per heavy atom. The lowest BCUT2D eigenvalue weighted by molar-refractivity contribution is 0.0693. The number of halogens is 2. The van der Waals surface area contributed by atoms with E-state index in [1.54, 1.807) is 24.3 Å². The van der Waals surface area contributed by atoms with Crippen LogP contribution in [0.1, 0.15) is 21.5 Å². The minimum absolute atomic E-state index is 0.257. The second-order valence-corrected chi connectivity index (χ2v) is 6.24. The van der Waals surface area contributed by atoms with Crippen LogP contribution in [0.2, 0.25) is 0 Å². The molecule has 2 aromatic carbocycles. The van der Waals surface area contributed by atoms with Crippen LogP contribution >= 0.6 is 27.7 Å². The lowest BCUT2D eigenvalue weighted by Gasteiger charge is -2.09. The summed E-state index contributed by atoms with van der Waals surface area (Å²) in [6.07, 6.45) is 0. The molecule has 0 aliphatic rings. The molecule has 0 unspecified atom stereocenters. The van der Waals surface area contributed by atoms with E-state index >= 15 is 0 Å². The van der Waals surface area contributed by atoms with Gasteiger partial charge in [-0.1, -0.05) is 22.0 Å². The van der Waals surface area contributed by atoms with Gasteiger partial charge in [-0.25, -0.2) is 9.18 Å². The fourth-order valence-corrected chi connectivity index (χ4v) is 3.40. The minimum Gasteiger partial charge on any atom is -0.478 e. The maximum Gasteiger partial charge on any atom is 0.336 e. The third kappa shape index (κ3) is 3.61. The first-order chi connectivity index (χ1) is 9.47. The lowest BCUT2D eigenvalue weighted by atomic mass is 10.1. The number of benzene rings is 2. The quantitative estimate of drug-likeness (QED) is 0.794. The first-order valence-electron chi connectivity index (χ1n) is 5.88. The number of aromatic carboxylic acids is 1. The summed E-state index contributed by atoms with van der Waals surface area (Å²) in [6.45, 7) is 1.91. The van der Waals surface area contributed by atoms with Crippen LogP contribution in [0.3, 0.4) is 0 Å². The maximum atomic E-state index is 13.2. The minimum atomic E-state index is -0.962. The third-order valence-corrected chi connectivity index (χ3v) is 4.47. The van der Waals surface area contributed by atoms with Crippen molar-refractivity contribution < 1.29 is 14.3 Å². The van der Waals surface area contributed by atoms with E-state index in [4.69, 9.17) is 5.11 Å². The molecule has 5 heteroatoms. The second-order valence-electron chi connectivity index (χ2n) is 4.31. The molecule has 1 N–H and O–H groups in total. The molecule has 0 amide bonds. The molecule has 0 radical (unpaired) electrons. The standard InChI is InChI=1S/C15H12BrFO2S/c1-9-2-4-12(17)6-10(9)8-20-14-7-11(16)3-5-13(14)15(18)19/h2-7H,8H2,1H3,(H,18,19). The van der Waals surface area contributed by atoms with E-state index in [0.717, 1.165) is 15.6 Å². The van der Waals surface area contributed by atoms with E-state index in [2.05, 4.69) is 15.9 Å². The Morgan fingerprint density at radius 2 is 2.05 bits per heavy atom. The number of hydrogen-bond donors (Lipinski definition) is 1. The zero-order valence-corrected chi connectivity index (χ0v) is 13.1. The van der Waals surface area contributed by atoms with Crippen LogP contribution in [0.4, 0.5) is 4.39 Å². The van der Waals surface area contributed by atoms with Gasteiger partial charge in [-0.05, 0) is 48.4 Å². The Hall–Kier alpha value is -1.33. The van der Waals surface area contributed by atoms with Gasteiger partial charge in [0.25, 0.3) is 0 Å². The highest BCUT2D eigenvalue weighted by Crippen LogP contribution is 2.30. The highest BCUT2D eigenvalue weighted by molar-refractivity contribution is 9.10. The molecule has 0 aliphatic carbocycles. The predicted octanol–water partition coefficient (Wildman–Crippen LogP) is 4.89. The number of aryl methyl sites for hydroxylation is 1. The Morgan fingerprint density at radius 1 is 1.30 bits per heavy atom. The van der Waals surface area contributed by atoms with Gasteiger partial charge in [0.15, 0.2) is 0 Å². The Balaban J connectivity index is 2.24. The van der Waals surface area contributed by atoms with Gasteiger partial charge in [0.2, 0.25) is 0 Å². The number of carboxylic acid groups (broad SMARTS) is 1. The number of thioether (sulfide) groups is 1. The van der Waals surface area contributed by atoms with E-state index in [9.17, 15) is 9.18 Å². The van der Waals surface area contributed by atoms with Crippen LogP contribution in [0.25, 0.3) is 0 Å². The van der Waals surface area contributed by atoms with E-state index in [1.165, 1.54) is 23.9 Å². The predicted molar refractivity (Wildman–Crippen MR) is 81.8 cm³/mol. The molecule has 0 spiro atoms. The number of carboxylic acids is 1. The summed E-state index contributed by atoms with van der Waals surface area (Å²) in [5.41, 5.74) is 2.12. The van der Waals surface area contributed by atoms with Gasteiger partial charge in [0.1, 0.15) is 5.82 Å². The topological polar surface area (TPSA) is 37.3 Å². The van der Waals surface area contributed by atoms with Crippen molar-refractivity contribution in [3.63, 3.8) is 0 Å². The smallest absolute Gasteiger partial charge is 0.336 e. The summed E-state index contributed by atoms with van der Waals surface area (Å²) in [6, 6.07) is 9.66. The second kappa shape index (κ2) is 6.41. The average Bonchev–Trinajstić information content (AvgIpc) is 2.39. The SMILES string of the molecule is Cc1ccc(F)cc1CSc1cc(Br)ccc1C(=O)O. The largest absolute Gasteiger partial charge is 0.478 e. The normalized spacial score (nSPS) is 10.6. The molecule has 0 aromatic heterocycles.